The molecule has 3 nitrogen and oxygen atoms in total. The number of nitrogens with zero attached hydrogens (tertiary/aromatic N) is 1. The zero-order valence-corrected chi connectivity index (χ0v) is 6.92. The maximum absolute atomic E-state index is 11.1. The predicted molar refractivity (Wildman–Crippen MR) is 42.1 cm³/mol. The first-order valence-electron chi connectivity index (χ1n) is 4.20. The number of piperidine rings is 1. The van der Waals surface area contributed by atoms with Crippen molar-refractivity contribution in [1.29, 1.82) is 0 Å². The van der Waals surface area contributed by atoms with Crippen LogP contribution < -0.4 is 0 Å². The number of rotatable bonds is 2. The average molecular weight is 157 g/mol. The van der Waals surface area contributed by atoms with Gasteiger partial charge in [-0.2, -0.15) is 0 Å². The molecule has 0 saturated carbocycles. The normalized spacial score (nSPS) is 25.8. The van der Waals surface area contributed by atoms with Gasteiger partial charge in [0.25, 0.3) is 0 Å². The molecule has 1 fully saturated rings. The highest BCUT2D eigenvalue weighted by atomic mass is 16.3. The highest BCUT2D eigenvalue weighted by Crippen LogP contribution is 2.11. The SMILES string of the molecule is CCCN1CC(O)CCC1=O. The van der Waals surface area contributed by atoms with Crippen LogP contribution in [-0.4, -0.2) is 35.1 Å². The number of β-amino-alcohol motifs (C(OH)–C–C–N with tert-alkyl or cyclic N) is 1. The minimum Gasteiger partial charge on any atom is -0.391 e. The number of likely N-dealkylation sites (tertiary alicyclic amines) is 1. The minimum atomic E-state index is -0.292. The monoisotopic (exact) mass is 157 g/mol. The fourth-order valence-corrected chi connectivity index (χ4v) is 1.38. The van der Waals surface area contributed by atoms with Gasteiger partial charge in [0.2, 0.25) is 5.91 Å². The molecule has 1 saturated heterocycles. The number of amides is 1. The summed E-state index contributed by atoms with van der Waals surface area (Å²) < 4.78 is 0. The molecule has 1 atom stereocenters. The van der Waals surface area contributed by atoms with Crippen LogP contribution in [0.5, 0.6) is 0 Å². The molecule has 0 aromatic heterocycles. The van der Waals surface area contributed by atoms with Crippen molar-refractivity contribution in [2.45, 2.75) is 32.3 Å². The third kappa shape index (κ3) is 2.19. The molecule has 0 aliphatic carbocycles. The Morgan fingerprint density at radius 3 is 3.09 bits per heavy atom. The molecule has 0 aromatic carbocycles. The van der Waals surface area contributed by atoms with Crippen molar-refractivity contribution in [2.24, 2.45) is 0 Å². The van der Waals surface area contributed by atoms with Gasteiger partial charge in [-0.3, -0.25) is 4.79 Å². The molecule has 1 heterocycles. The van der Waals surface area contributed by atoms with Crippen molar-refractivity contribution >= 4 is 5.91 Å². The summed E-state index contributed by atoms with van der Waals surface area (Å²) in [4.78, 5) is 12.9. The van der Waals surface area contributed by atoms with Crippen molar-refractivity contribution < 1.29 is 9.90 Å². The summed E-state index contributed by atoms with van der Waals surface area (Å²) in [6.07, 6.45) is 1.83. The lowest BCUT2D eigenvalue weighted by Gasteiger charge is -2.29. The van der Waals surface area contributed by atoms with E-state index in [9.17, 15) is 9.90 Å². The van der Waals surface area contributed by atoms with E-state index in [0.29, 0.717) is 19.4 Å². The third-order valence-corrected chi connectivity index (χ3v) is 1.97. The summed E-state index contributed by atoms with van der Waals surface area (Å²) in [5.41, 5.74) is 0. The Morgan fingerprint density at radius 2 is 2.45 bits per heavy atom. The Balaban J connectivity index is 2.40. The lowest BCUT2D eigenvalue weighted by molar-refractivity contribution is -0.136. The van der Waals surface area contributed by atoms with Crippen LogP contribution in [0.15, 0.2) is 0 Å². The topological polar surface area (TPSA) is 40.5 Å². The molecule has 1 unspecified atom stereocenters. The van der Waals surface area contributed by atoms with E-state index >= 15 is 0 Å². The van der Waals surface area contributed by atoms with Gasteiger partial charge in [-0.05, 0) is 12.8 Å². The Kier molecular flexibility index (Phi) is 2.88. The van der Waals surface area contributed by atoms with E-state index in [2.05, 4.69) is 0 Å². The second-order valence-corrected chi connectivity index (χ2v) is 3.03. The number of aliphatic hydroxyl groups excluding tert-OH is 1. The minimum absolute atomic E-state index is 0.192. The van der Waals surface area contributed by atoms with Crippen molar-refractivity contribution in [2.75, 3.05) is 13.1 Å². The van der Waals surface area contributed by atoms with Crippen LogP contribution in [0.2, 0.25) is 0 Å². The molecule has 1 aliphatic heterocycles. The van der Waals surface area contributed by atoms with Gasteiger partial charge in [0.05, 0.1) is 6.10 Å². The van der Waals surface area contributed by atoms with E-state index in [0.717, 1.165) is 13.0 Å². The number of hydrogen-bond donors (Lipinski definition) is 1. The smallest absolute Gasteiger partial charge is 0.222 e. The number of carbonyl (C=O) groups is 1. The van der Waals surface area contributed by atoms with E-state index in [-0.39, 0.29) is 12.0 Å². The second kappa shape index (κ2) is 3.72. The zero-order chi connectivity index (χ0) is 8.27. The maximum Gasteiger partial charge on any atom is 0.222 e. The highest BCUT2D eigenvalue weighted by molar-refractivity contribution is 5.77. The van der Waals surface area contributed by atoms with Gasteiger partial charge in [0, 0.05) is 19.5 Å². The summed E-state index contributed by atoms with van der Waals surface area (Å²) in [5.74, 6) is 0.192. The van der Waals surface area contributed by atoms with Gasteiger partial charge >= 0.3 is 0 Å². The summed E-state index contributed by atoms with van der Waals surface area (Å²) >= 11 is 0. The van der Waals surface area contributed by atoms with Gasteiger partial charge in [-0.25, -0.2) is 0 Å². The molecular formula is C8H15NO2. The summed E-state index contributed by atoms with van der Waals surface area (Å²) in [6.45, 7) is 3.36. The van der Waals surface area contributed by atoms with E-state index in [4.69, 9.17) is 0 Å². The van der Waals surface area contributed by atoms with Gasteiger partial charge in [-0.15, -0.1) is 0 Å². The van der Waals surface area contributed by atoms with Gasteiger partial charge in [0.15, 0.2) is 0 Å². The third-order valence-electron chi connectivity index (χ3n) is 1.97. The first-order valence-corrected chi connectivity index (χ1v) is 4.20. The molecule has 0 radical (unpaired) electrons. The summed E-state index contributed by atoms with van der Waals surface area (Å²) in [6, 6.07) is 0. The van der Waals surface area contributed by atoms with Crippen LogP contribution >= 0.6 is 0 Å². The molecule has 1 amide bonds. The largest absolute Gasteiger partial charge is 0.391 e. The van der Waals surface area contributed by atoms with E-state index in [1.54, 1.807) is 4.90 Å². The van der Waals surface area contributed by atoms with Crippen LogP contribution in [-0.2, 0) is 4.79 Å². The Bertz CT molecular complexity index is 147. The lowest BCUT2D eigenvalue weighted by atomic mass is 10.1. The second-order valence-electron chi connectivity index (χ2n) is 3.03. The van der Waals surface area contributed by atoms with Crippen molar-refractivity contribution in [3.05, 3.63) is 0 Å². The maximum atomic E-state index is 11.1. The summed E-state index contributed by atoms with van der Waals surface area (Å²) in [5, 5.41) is 9.23. The fourth-order valence-electron chi connectivity index (χ4n) is 1.38. The van der Waals surface area contributed by atoms with E-state index in [1.165, 1.54) is 0 Å². The standard InChI is InChI=1S/C8H15NO2/c1-2-5-9-6-7(10)3-4-8(9)11/h7,10H,2-6H2,1H3. The first-order chi connectivity index (χ1) is 5.24. The molecule has 1 N–H and O–H groups in total. The zero-order valence-electron chi connectivity index (χ0n) is 6.92. The van der Waals surface area contributed by atoms with Crippen LogP contribution in [0.4, 0.5) is 0 Å². The molecule has 0 aromatic rings. The van der Waals surface area contributed by atoms with Gasteiger partial charge < -0.3 is 10.0 Å². The van der Waals surface area contributed by atoms with Crippen molar-refractivity contribution in [3.63, 3.8) is 0 Å². The Hall–Kier alpha value is -0.570. The Labute approximate surface area is 67.0 Å². The Morgan fingerprint density at radius 1 is 1.73 bits per heavy atom. The first kappa shape index (κ1) is 8.53. The number of carbonyl (C=O) groups excluding carboxylic acids is 1. The molecule has 0 bridgehead atoms. The van der Waals surface area contributed by atoms with Gasteiger partial charge in [-0.1, -0.05) is 6.92 Å². The molecule has 1 aliphatic rings. The quantitative estimate of drug-likeness (QED) is 0.629. The molecule has 64 valence electrons. The van der Waals surface area contributed by atoms with Crippen molar-refractivity contribution in [3.8, 4) is 0 Å². The molecular weight excluding hydrogens is 142 g/mol. The highest BCUT2D eigenvalue weighted by Gasteiger charge is 2.22. The molecule has 11 heavy (non-hydrogen) atoms. The molecule has 0 spiro atoms. The predicted octanol–water partition coefficient (Wildman–Crippen LogP) is 0.380. The summed E-state index contributed by atoms with van der Waals surface area (Å²) in [7, 11) is 0. The molecule has 1 rings (SSSR count). The number of aliphatic hydroxyl groups is 1. The van der Waals surface area contributed by atoms with Crippen LogP contribution in [0.3, 0.4) is 0 Å². The van der Waals surface area contributed by atoms with E-state index in [1.807, 2.05) is 6.92 Å². The van der Waals surface area contributed by atoms with Crippen LogP contribution in [0.25, 0.3) is 0 Å². The van der Waals surface area contributed by atoms with Crippen LogP contribution in [0.1, 0.15) is 26.2 Å². The molecule has 3 heteroatoms. The van der Waals surface area contributed by atoms with E-state index < -0.39 is 0 Å². The lowest BCUT2D eigenvalue weighted by Crippen LogP contribution is -2.42. The number of hydrogen-bond acceptors (Lipinski definition) is 2. The average Bonchev–Trinajstić information content (AvgIpc) is 1.98. The van der Waals surface area contributed by atoms with Crippen molar-refractivity contribution in [1.82, 2.24) is 4.90 Å². The fraction of sp³-hybridized carbons (Fsp3) is 0.875. The van der Waals surface area contributed by atoms with Gasteiger partial charge in [0.1, 0.15) is 0 Å². The van der Waals surface area contributed by atoms with Crippen LogP contribution in [0, 0.1) is 0 Å².